The minimum atomic E-state index is -0.556. The molecule has 0 aromatic carbocycles. The number of carbonyl (C=O) groups is 1. The lowest BCUT2D eigenvalue weighted by Gasteiger charge is -2.03. The maximum Gasteiger partial charge on any atom is 0.216 e. The first-order valence-electron chi connectivity index (χ1n) is 3.81. The third-order valence-electron chi connectivity index (χ3n) is 1.52. The molecule has 5 nitrogen and oxygen atoms in total. The van der Waals surface area contributed by atoms with Gasteiger partial charge in [-0.15, -0.1) is 0 Å². The van der Waals surface area contributed by atoms with Crippen LogP contribution in [0.15, 0.2) is 12.4 Å². The first-order chi connectivity index (χ1) is 6.15. The second kappa shape index (κ2) is 3.95. The maximum absolute atomic E-state index is 11.3. The molecule has 0 saturated carbocycles. The standard InChI is InChI=1S/C8H11N3O2/c1-5(9)8(12)6-3-7(13-2)11-4-10-6/h3-5H,9H2,1-2H3. The van der Waals surface area contributed by atoms with Gasteiger partial charge in [-0.2, -0.15) is 0 Å². The summed E-state index contributed by atoms with van der Waals surface area (Å²) in [6.45, 7) is 1.61. The Balaban J connectivity index is 2.95. The van der Waals surface area contributed by atoms with Crippen LogP contribution in [0.1, 0.15) is 17.4 Å². The Morgan fingerprint density at radius 1 is 1.62 bits per heavy atom. The number of carbonyl (C=O) groups excluding carboxylic acids is 1. The van der Waals surface area contributed by atoms with E-state index in [1.807, 2.05) is 0 Å². The van der Waals surface area contributed by atoms with Crippen LogP contribution in [0.3, 0.4) is 0 Å². The molecule has 0 radical (unpaired) electrons. The molecule has 0 spiro atoms. The van der Waals surface area contributed by atoms with Crippen LogP contribution < -0.4 is 10.5 Å². The Labute approximate surface area is 75.9 Å². The van der Waals surface area contributed by atoms with E-state index in [1.54, 1.807) is 6.92 Å². The predicted molar refractivity (Wildman–Crippen MR) is 46.6 cm³/mol. The van der Waals surface area contributed by atoms with Crippen LogP contribution in [-0.4, -0.2) is 28.9 Å². The van der Waals surface area contributed by atoms with E-state index >= 15 is 0 Å². The molecule has 0 aliphatic rings. The molecule has 1 unspecified atom stereocenters. The van der Waals surface area contributed by atoms with Gasteiger partial charge in [0.05, 0.1) is 13.2 Å². The summed E-state index contributed by atoms with van der Waals surface area (Å²) in [5, 5.41) is 0. The number of hydrogen-bond acceptors (Lipinski definition) is 5. The van der Waals surface area contributed by atoms with Gasteiger partial charge in [-0.1, -0.05) is 0 Å². The van der Waals surface area contributed by atoms with Gasteiger partial charge < -0.3 is 10.5 Å². The van der Waals surface area contributed by atoms with E-state index in [2.05, 4.69) is 9.97 Å². The number of nitrogens with two attached hydrogens (primary N) is 1. The third-order valence-corrected chi connectivity index (χ3v) is 1.52. The zero-order chi connectivity index (χ0) is 9.84. The number of rotatable bonds is 3. The highest BCUT2D eigenvalue weighted by Crippen LogP contribution is 2.06. The molecule has 2 N–H and O–H groups in total. The molecule has 0 saturated heterocycles. The largest absolute Gasteiger partial charge is 0.481 e. The van der Waals surface area contributed by atoms with Crippen LogP contribution in [0.5, 0.6) is 5.88 Å². The molecule has 0 aliphatic carbocycles. The van der Waals surface area contributed by atoms with Crippen LogP contribution in [-0.2, 0) is 0 Å². The lowest BCUT2D eigenvalue weighted by Crippen LogP contribution is -2.27. The minimum Gasteiger partial charge on any atom is -0.481 e. The van der Waals surface area contributed by atoms with Crippen molar-refractivity contribution < 1.29 is 9.53 Å². The quantitative estimate of drug-likeness (QED) is 0.665. The second-order valence-electron chi connectivity index (χ2n) is 2.60. The van der Waals surface area contributed by atoms with Crippen molar-refractivity contribution in [2.24, 2.45) is 5.73 Å². The fraction of sp³-hybridized carbons (Fsp3) is 0.375. The van der Waals surface area contributed by atoms with Crippen LogP contribution in [0, 0.1) is 0 Å². The Kier molecular flexibility index (Phi) is 2.92. The number of methoxy groups -OCH3 is 1. The Hall–Kier alpha value is -1.49. The molecule has 13 heavy (non-hydrogen) atoms. The number of hydrogen-bond donors (Lipinski definition) is 1. The van der Waals surface area contributed by atoms with E-state index in [1.165, 1.54) is 19.5 Å². The molecule has 1 aromatic rings. The highest BCUT2D eigenvalue weighted by atomic mass is 16.5. The van der Waals surface area contributed by atoms with Crippen molar-refractivity contribution in [3.05, 3.63) is 18.1 Å². The van der Waals surface area contributed by atoms with Gasteiger partial charge in [0.25, 0.3) is 0 Å². The van der Waals surface area contributed by atoms with Crippen molar-refractivity contribution in [2.45, 2.75) is 13.0 Å². The first kappa shape index (κ1) is 9.60. The molecule has 70 valence electrons. The molecule has 0 fully saturated rings. The monoisotopic (exact) mass is 181 g/mol. The zero-order valence-corrected chi connectivity index (χ0v) is 7.52. The summed E-state index contributed by atoms with van der Waals surface area (Å²) in [5.74, 6) is 0.139. The highest BCUT2D eigenvalue weighted by Gasteiger charge is 2.12. The smallest absolute Gasteiger partial charge is 0.216 e. The van der Waals surface area contributed by atoms with E-state index in [0.717, 1.165) is 0 Å². The summed E-state index contributed by atoms with van der Waals surface area (Å²) < 4.78 is 4.84. The summed E-state index contributed by atoms with van der Waals surface area (Å²) >= 11 is 0. The molecule has 1 rings (SSSR count). The predicted octanol–water partition coefficient (Wildman–Crippen LogP) is 0.0151. The Bertz CT molecular complexity index is 312. The molecule has 1 heterocycles. The highest BCUT2D eigenvalue weighted by molar-refractivity contribution is 5.98. The number of Topliss-reactive ketones (excluding diaryl/α,β-unsaturated/α-hetero) is 1. The van der Waals surface area contributed by atoms with Gasteiger partial charge in [0, 0.05) is 6.07 Å². The topological polar surface area (TPSA) is 78.1 Å². The van der Waals surface area contributed by atoms with Crippen molar-refractivity contribution in [2.75, 3.05) is 7.11 Å². The molecule has 1 aromatic heterocycles. The molecular formula is C8H11N3O2. The van der Waals surface area contributed by atoms with Gasteiger partial charge in [0.1, 0.15) is 12.0 Å². The zero-order valence-electron chi connectivity index (χ0n) is 7.52. The van der Waals surface area contributed by atoms with Gasteiger partial charge in [-0.05, 0) is 6.92 Å². The van der Waals surface area contributed by atoms with Crippen molar-refractivity contribution >= 4 is 5.78 Å². The molecule has 0 aliphatic heterocycles. The third kappa shape index (κ3) is 2.22. The minimum absolute atomic E-state index is 0.222. The van der Waals surface area contributed by atoms with E-state index in [4.69, 9.17) is 10.5 Å². The molecular weight excluding hydrogens is 170 g/mol. The number of aromatic nitrogens is 2. The van der Waals surface area contributed by atoms with Gasteiger partial charge in [-0.3, -0.25) is 4.79 Å². The first-order valence-corrected chi connectivity index (χ1v) is 3.81. The Morgan fingerprint density at radius 3 is 2.85 bits per heavy atom. The summed E-state index contributed by atoms with van der Waals surface area (Å²) in [7, 11) is 1.47. The summed E-state index contributed by atoms with van der Waals surface area (Å²) in [4.78, 5) is 18.9. The molecule has 5 heteroatoms. The lowest BCUT2D eigenvalue weighted by molar-refractivity contribution is 0.0962. The van der Waals surface area contributed by atoms with Crippen LogP contribution in [0.4, 0.5) is 0 Å². The molecule has 1 atom stereocenters. The van der Waals surface area contributed by atoms with Crippen molar-refractivity contribution in [3.8, 4) is 5.88 Å². The second-order valence-corrected chi connectivity index (χ2v) is 2.60. The van der Waals surface area contributed by atoms with Gasteiger partial charge in [0.15, 0.2) is 5.78 Å². The maximum atomic E-state index is 11.3. The molecule has 0 bridgehead atoms. The van der Waals surface area contributed by atoms with E-state index in [0.29, 0.717) is 5.88 Å². The van der Waals surface area contributed by atoms with Gasteiger partial charge >= 0.3 is 0 Å². The SMILES string of the molecule is COc1cc(C(=O)C(C)N)ncn1. The van der Waals surface area contributed by atoms with Gasteiger partial charge in [0.2, 0.25) is 5.88 Å². The average Bonchev–Trinajstić information content (AvgIpc) is 2.16. The number of ketones is 1. The van der Waals surface area contributed by atoms with Crippen molar-refractivity contribution in [3.63, 3.8) is 0 Å². The summed E-state index contributed by atoms with van der Waals surface area (Å²) in [6.07, 6.45) is 1.27. The van der Waals surface area contributed by atoms with E-state index < -0.39 is 6.04 Å². The van der Waals surface area contributed by atoms with Crippen molar-refractivity contribution in [1.82, 2.24) is 9.97 Å². The number of ether oxygens (including phenoxy) is 1. The number of nitrogens with zero attached hydrogens (tertiary/aromatic N) is 2. The van der Waals surface area contributed by atoms with Crippen LogP contribution in [0.25, 0.3) is 0 Å². The lowest BCUT2D eigenvalue weighted by atomic mass is 10.1. The fourth-order valence-corrected chi connectivity index (χ4v) is 0.819. The molecule has 0 amide bonds. The van der Waals surface area contributed by atoms with Crippen LogP contribution in [0.2, 0.25) is 0 Å². The van der Waals surface area contributed by atoms with Crippen molar-refractivity contribution in [1.29, 1.82) is 0 Å². The van der Waals surface area contributed by atoms with Crippen LogP contribution >= 0.6 is 0 Å². The Morgan fingerprint density at radius 2 is 2.31 bits per heavy atom. The van der Waals surface area contributed by atoms with E-state index in [9.17, 15) is 4.79 Å². The summed E-state index contributed by atoms with van der Waals surface area (Å²) in [6, 6.07) is 0.908. The average molecular weight is 181 g/mol. The normalized spacial score (nSPS) is 12.2. The fourth-order valence-electron chi connectivity index (χ4n) is 0.819. The van der Waals surface area contributed by atoms with Gasteiger partial charge in [-0.25, -0.2) is 9.97 Å². The summed E-state index contributed by atoms with van der Waals surface area (Å²) in [5.41, 5.74) is 5.69. The van der Waals surface area contributed by atoms with E-state index in [-0.39, 0.29) is 11.5 Å².